The van der Waals surface area contributed by atoms with E-state index >= 15 is 0 Å². The van der Waals surface area contributed by atoms with Crippen molar-refractivity contribution in [1.29, 1.82) is 0 Å². The molecule has 11 nitrogen and oxygen atoms in total. The van der Waals surface area contributed by atoms with Gasteiger partial charge in [-0.3, -0.25) is 18.6 Å². The van der Waals surface area contributed by atoms with Crippen molar-refractivity contribution in [2.24, 2.45) is 0 Å². The number of esters is 1. The number of amides is 1. The van der Waals surface area contributed by atoms with E-state index in [-0.39, 0.29) is 12.8 Å². The first kappa shape index (κ1) is 60.9. The van der Waals surface area contributed by atoms with E-state index in [0.29, 0.717) is 12.8 Å². The molecule has 0 saturated carbocycles. The van der Waals surface area contributed by atoms with E-state index in [1.165, 1.54) is 70.6 Å². The Morgan fingerprint density at radius 1 is 0.500 bits per heavy atom. The summed E-state index contributed by atoms with van der Waals surface area (Å²) in [5.74, 6) is -2.40. The number of phosphoric acid groups is 1. The molecule has 4 N–H and O–H groups in total. The number of allylic oxidation sites excluding steroid dienone is 12. The van der Waals surface area contributed by atoms with Crippen LogP contribution in [0, 0.1) is 0 Å². The second-order valence-electron chi connectivity index (χ2n) is 16.6. The third kappa shape index (κ3) is 45.5. The fraction of sp³-hybridized carbons (Fsp3) is 0.712. The second kappa shape index (κ2) is 46.4. The van der Waals surface area contributed by atoms with Crippen molar-refractivity contribution in [1.82, 2.24) is 5.32 Å². The fourth-order valence-corrected chi connectivity index (χ4v) is 7.34. The van der Waals surface area contributed by atoms with Crippen molar-refractivity contribution in [3.8, 4) is 0 Å². The predicted molar refractivity (Wildman–Crippen MR) is 263 cm³/mol. The number of carboxylic acid groups (broad SMARTS) is 1. The molecule has 0 saturated heterocycles. The van der Waals surface area contributed by atoms with Crippen molar-refractivity contribution in [2.45, 2.75) is 219 Å². The predicted octanol–water partition coefficient (Wildman–Crippen LogP) is 13.7. The van der Waals surface area contributed by atoms with Crippen LogP contribution in [0.2, 0.25) is 0 Å². The van der Waals surface area contributed by atoms with Crippen molar-refractivity contribution < 1.29 is 47.8 Å². The standard InChI is InChI=1S/C52H90NO10P/c1-3-5-7-9-11-13-15-17-19-21-22-23-24-25-26-28-29-31-33-35-37-39-41-43-50(55)53-49(52(57)58)47-63-64(59,60)62-46-48(54)45-61-51(56)44-42-40-38-36-34-32-30-27-20-18-16-14-12-10-8-6-4-2/h11-14,17-20,22-23,25-26,48-49,54H,3-10,15-16,21,24,27-47H2,1-2H3,(H,53,55)(H,57,58)(H,59,60)/b13-11-,14-12-,19-17-,20-18-,23-22-,26-25-. The number of carbonyl (C=O) groups excluding carboxylic acids is 2. The van der Waals surface area contributed by atoms with E-state index in [2.05, 4.69) is 92.1 Å². The van der Waals surface area contributed by atoms with Gasteiger partial charge < -0.3 is 25.2 Å². The normalized spacial score (nSPS) is 14.2. The van der Waals surface area contributed by atoms with Crippen LogP contribution in [0.15, 0.2) is 72.9 Å². The van der Waals surface area contributed by atoms with Crippen LogP contribution in [0.5, 0.6) is 0 Å². The van der Waals surface area contributed by atoms with Gasteiger partial charge in [0.2, 0.25) is 5.91 Å². The minimum Gasteiger partial charge on any atom is -0.480 e. The number of aliphatic hydroxyl groups excluding tert-OH is 1. The van der Waals surface area contributed by atoms with Crippen molar-refractivity contribution in [2.75, 3.05) is 19.8 Å². The molecule has 0 spiro atoms. The van der Waals surface area contributed by atoms with Crippen LogP contribution in [0.3, 0.4) is 0 Å². The highest BCUT2D eigenvalue weighted by Gasteiger charge is 2.28. The number of hydrogen-bond acceptors (Lipinski definition) is 8. The number of carboxylic acids is 1. The Labute approximate surface area is 389 Å². The first-order chi connectivity index (χ1) is 31.1. The van der Waals surface area contributed by atoms with Crippen LogP contribution in [0.4, 0.5) is 0 Å². The second-order valence-corrected chi connectivity index (χ2v) is 18.1. The summed E-state index contributed by atoms with van der Waals surface area (Å²) in [6, 6.07) is -1.56. The van der Waals surface area contributed by atoms with Gasteiger partial charge in [-0.15, -0.1) is 0 Å². The lowest BCUT2D eigenvalue weighted by Gasteiger charge is -2.18. The van der Waals surface area contributed by atoms with Gasteiger partial charge in [0.25, 0.3) is 0 Å². The molecule has 0 bridgehead atoms. The average Bonchev–Trinajstić information content (AvgIpc) is 3.27. The third-order valence-corrected chi connectivity index (χ3v) is 11.4. The number of aliphatic carboxylic acids is 1. The van der Waals surface area contributed by atoms with Crippen molar-refractivity contribution >= 4 is 25.7 Å². The van der Waals surface area contributed by atoms with Gasteiger partial charge in [-0.2, -0.15) is 0 Å². The number of hydrogen-bond donors (Lipinski definition) is 4. The largest absolute Gasteiger partial charge is 0.480 e. The molecule has 0 heterocycles. The summed E-state index contributed by atoms with van der Waals surface area (Å²) in [5.41, 5.74) is 0. The molecule has 0 aromatic carbocycles. The SMILES string of the molecule is CCCCC/C=C\C/C=C\C/C=C\C/C=C\CCCCCCCCCC(=O)NC(COP(=O)(O)OCC(O)COC(=O)CCCCCCCCC/C=C\C/C=C\CCCCC)C(=O)O. The van der Waals surface area contributed by atoms with Gasteiger partial charge in [0.15, 0.2) is 6.04 Å². The Hall–Kier alpha value is -3.08. The molecule has 368 valence electrons. The van der Waals surface area contributed by atoms with Gasteiger partial charge in [-0.1, -0.05) is 177 Å². The number of phosphoric ester groups is 1. The summed E-state index contributed by atoms with van der Waals surface area (Å²) in [6.45, 7) is 2.53. The van der Waals surface area contributed by atoms with Gasteiger partial charge >= 0.3 is 19.8 Å². The molecular formula is C52H90NO10P. The van der Waals surface area contributed by atoms with Gasteiger partial charge in [0, 0.05) is 12.8 Å². The lowest BCUT2D eigenvalue weighted by molar-refractivity contribution is -0.147. The maximum absolute atomic E-state index is 12.4. The lowest BCUT2D eigenvalue weighted by atomic mass is 10.1. The molecule has 3 atom stereocenters. The zero-order chi connectivity index (χ0) is 47.0. The number of aliphatic hydroxyl groups is 1. The molecule has 0 aliphatic heterocycles. The van der Waals surface area contributed by atoms with E-state index in [0.717, 1.165) is 96.3 Å². The van der Waals surface area contributed by atoms with Gasteiger partial charge in [-0.05, 0) is 89.9 Å². The first-order valence-electron chi connectivity index (χ1n) is 25.0. The first-order valence-corrected chi connectivity index (χ1v) is 26.5. The molecule has 64 heavy (non-hydrogen) atoms. The minimum absolute atomic E-state index is 0.129. The lowest BCUT2D eigenvalue weighted by Crippen LogP contribution is -2.43. The van der Waals surface area contributed by atoms with Gasteiger partial charge in [0.1, 0.15) is 12.7 Å². The van der Waals surface area contributed by atoms with Crippen LogP contribution >= 0.6 is 7.82 Å². The highest BCUT2D eigenvalue weighted by Crippen LogP contribution is 2.43. The Kier molecular flexibility index (Phi) is 44.2. The summed E-state index contributed by atoms with van der Waals surface area (Å²) in [5, 5.41) is 21.9. The molecule has 0 rings (SSSR count). The quantitative estimate of drug-likeness (QED) is 0.0200. The molecule has 0 aromatic heterocycles. The van der Waals surface area contributed by atoms with E-state index in [4.69, 9.17) is 13.8 Å². The zero-order valence-electron chi connectivity index (χ0n) is 40.1. The van der Waals surface area contributed by atoms with Gasteiger partial charge in [0.05, 0.1) is 13.2 Å². The Bertz CT molecular complexity index is 1360. The third-order valence-electron chi connectivity index (χ3n) is 10.5. The average molecular weight is 920 g/mol. The molecule has 1 amide bonds. The topological polar surface area (TPSA) is 169 Å². The number of rotatable bonds is 46. The van der Waals surface area contributed by atoms with Crippen LogP contribution in [-0.2, 0) is 32.7 Å². The van der Waals surface area contributed by atoms with Crippen LogP contribution in [0.1, 0.15) is 206 Å². The number of nitrogens with one attached hydrogen (secondary N) is 1. The van der Waals surface area contributed by atoms with Gasteiger partial charge in [-0.25, -0.2) is 9.36 Å². The number of unbranched alkanes of at least 4 members (excludes halogenated alkanes) is 20. The molecule has 0 aliphatic rings. The number of ether oxygens (including phenoxy) is 1. The van der Waals surface area contributed by atoms with E-state index in [1.54, 1.807) is 0 Å². The highest BCUT2D eigenvalue weighted by molar-refractivity contribution is 7.47. The smallest absolute Gasteiger partial charge is 0.472 e. The van der Waals surface area contributed by atoms with E-state index < -0.39 is 57.6 Å². The molecule has 0 fully saturated rings. The summed E-state index contributed by atoms with van der Waals surface area (Å²) < 4.78 is 26.9. The molecule has 0 radical (unpaired) electrons. The summed E-state index contributed by atoms with van der Waals surface area (Å²) in [6.07, 6.45) is 56.3. The molecule has 12 heteroatoms. The Balaban J connectivity index is 3.90. The number of carbonyl (C=O) groups is 3. The molecule has 0 aliphatic carbocycles. The van der Waals surface area contributed by atoms with Crippen LogP contribution in [-0.4, -0.2) is 64.9 Å². The van der Waals surface area contributed by atoms with Crippen molar-refractivity contribution in [3.63, 3.8) is 0 Å². The zero-order valence-corrected chi connectivity index (χ0v) is 41.0. The maximum Gasteiger partial charge on any atom is 0.472 e. The Morgan fingerprint density at radius 2 is 0.859 bits per heavy atom. The minimum atomic E-state index is -4.77. The maximum atomic E-state index is 12.4. The monoisotopic (exact) mass is 920 g/mol. The summed E-state index contributed by atoms with van der Waals surface area (Å²) in [4.78, 5) is 46.1. The molecule has 0 aromatic rings. The fourth-order valence-electron chi connectivity index (χ4n) is 6.56. The molecular weight excluding hydrogens is 830 g/mol. The summed E-state index contributed by atoms with van der Waals surface area (Å²) in [7, 11) is -4.77. The van der Waals surface area contributed by atoms with E-state index in [1.807, 2.05) is 0 Å². The van der Waals surface area contributed by atoms with E-state index in [9.17, 15) is 34.1 Å². The summed E-state index contributed by atoms with van der Waals surface area (Å²) >= 11 is 0. The van der Waals surface area contributed by atoms with Crippen LogP contribution in [0.25, 0.3) is 0 Å². The van der Waals surface area contributed by atoms with Crippen molar-refractivity contribution in [3.05, 3.63) is 72.9 Å². The highest BCUT2D eigenvalue weighted by atomic mass is 31.2. The Morgan fingerprint density at radius 3 is 1.28 bits per heavy atom. The molecule has 3 unspecified atom stereocenters. The van der Waals surface area contributed by atoms with Crippen LogP contribution < -0.4 is 5.32 Å².